The minimum absolute atomic E-state index is 0.352. The number of rotatable bonds is 4. The topological polar surface area (TPSA) is 26.7 Å². The van der Waals surface area contributed by atoms with Gasteiger partial charge in [-0.05, 0) is 30.0 Å². The predicted octanol–water partition coefficient (Wildman–Crippen LogP) is 2.91. The molecule has 3 rings (SSSR count). The Bertz CT molecular complexity index is 562. The maximum Gasteiger partial charge on any atom is 0.101 e. The van der Waals surface area contributed by atoms with Gasteiger partial charge in [-0.2, -0.15) is 0 Å². The third-order valence-corrected chi connectivity index (χ3v) is 5.10. The number of hydrogen-bond acceptors (Lipinski definition) is 4. The lowest BCUT2D eigenvalue weighted by molar-refractivity contribution is 0.112. The maximum absolute atomic E-state index is 10.2. The van der Waals surface area contributed by atoms with Gasteiger partial charge in [-0.1, -0.05) is 24.3 Å². The Balaban J connectivity index is 1.55. The van der Waals surface area contributed by atoms with Gasteiger partial charge in [-0.3, -0.25) is 4.90 Å². The number of para-hydroxylation sites is 1. The molecule has 1 saturated heterocycles. The number of aryl methyl sites for hydroxylation is 1. The van der Waals surface area contributed by atoms with Gasteiger partial charge in [0, 0.05) is 43.3 Å². The van der Waals surface area contributed by atoms with Gasteiger partial charge in [0.05, 0.1) is 0 Å². The molecule has 21 heavy (non-hydrogen) atoms. The molecule has 1 atom stereocenters. The molecule has 2 heterocycles. The highest BCUT2D eigenvalue weighted by Gasteiger charge is 2.21. The first-order valence-electron chi connectivity index (χ1n) is 7.48. The fourth-order valence-corrected chi connectivity index (χ4v) is 3.61. The highest BCUT2D eigenvalue weighted by atomic mass is 32.1. The van der Waals surface area contributed by atoms with Gasteiger partial charge in [-0.15, -0.1) is 11.3 Å². The van der Waals surface area contributed by atoms with E-state index in [0.29, 0.717) is 0 Å². The molecule has 0 saturated carbocycles. The monoisotopic (exact) mass is 302 g/mol. The van der Waals surface area contributed by atoms with Gasteiger partial charge in [-0.25, -0.2) is 0 Å². The number of hydrogen-bond donors (Lipinski definition) is 1. The van der Waals surface area contributed by atoms with Gasteiger partial charge in [0.25, 0.3) is 0 Å². The van der Waals surface area contributed by atoms with Crippen LogP contribution in [0.2, 0.25) is 0 Å². The van der Waals surface area contributed by atoms with E-state index in [4.69, 9.17) is 0 Å². The first kappa shape index (κ1) is 14.6. The standard InChI is InChI=1S/C17H22N2OS/c1-14-5-2-3-6-15(14)19-10-8-18(9-11-19)13-16(20)17-7-4-12-21-17/h2-7,12,16,20H,8-11,13H2,1H3. The van der Waals surface area contributed by atoms with Gasteiger partial charge < -0.3 is 10.0 Å². The molecule has 0 aliphatic carbocycles. The molecular weight excluding hydrogens is 280 g/mol. The van der Waals surface area contributed by atoms with E-state index in [-0.39, 0.29) is 6.10 Å². The van der Waals surface area contributed by atoms with Crippen LogP contribution in [0.1, 0.15) is 16.5 Å². The fraction of sp³-hybridized carbons (Fsp3) is 0.412. The van der Waals surface area contributed by atoms with E-state index in [1.165, 1.54) is 11.3 Å². The van der Waals surface area contributed by atoms with Gasteiger partial charge in [0.2, 0.25) is 0 Å². The Labute approximate surface area is 130 Å². The smallest absolute Gasteiger partial charge is 0.101 e. The highest BCUT2D eigenvalue weighted by Crippen LogP contribution is 2.23. The van der Waals surface area contributed by atoms with Crippen molar-refractivity contribution in [3.8, 4) is 0 Å². The first-order chi connectivity index (χ1) is 10.2. The largest absolute Gasteiger partial charge is 0.386 e. The third-order valence-electron chi connectivity index (χ3n) is 4.13. The van der Waals surface area contributed by atoms with Gasteiger partial charge in [0.1, 0.15) is 6.10 Å². The molecule has 1 N–H and O–H groups in total. The number of benzene rings is 1. The van der Waals surface area contributed by atoms with Crippen LogP contribution >= 0.6 is 11.3 Å². The van der Waals surface area contributed by atoms with E-state index in [1.54, 1.807) is 11.3 Å². The van der Waals surface area contributed by atoms with E-state index in [2.05, 4.69) is 41.0 Å². The second-order valence-electron chi connectivity index (χ2n) is 5.61. The zero-order valence-electron chi connectivity index (χ0n) is 12.4. The second-order valence-corrected chi connectivity index (χ2v) is 6.58. The SMILES string of the molecule is Cc1ccccc1N1CCN(CC(O)c2cccs2)CC1. The molecule has 0 spiro atoms. The van der Waals surface area contributed by atoms with E-state index in [0.717, 1.165) is 37.6 Å². The van der Waals surface area contributed by atoms with Crippen molar-refractivity contribution in [1.82, 2.24) is 4.90 Å². The molecule has 3 nitrogen and oxygen atoms in total. The number of anilines is 1. The average Bonchev–Trinajstić information content (AvgIpc) is 3.03. The lowest BCUT2D eigenvalue weighted by Gasteiger charge is -2.37. The molecule has 1 aromatic heterocycles. The Morgan fingerprint density at radius 3 is 2.52 bits per heavy atom. The van der Waals surface area contributed by atoms with Crippen LogP contribution in [0.5, 0.6) is 0 Å². The molecule has 0 radical (unpaired) electrons. The number of aliphatic hydroxyl groups is 1. The quantitative estimate of drug-likeness (QED) is 0.941. The first-order valence-corrected chi connectivity index (χ1v) is 8.36. The number of thiophene rings is 1. The van der Waals surface area contributed by atoms with Crippen LogP contribution in [0.4, 0.5) is 5.69 Å². The van der Waals surface area contributed by atoms with Crippen molar-refractivity contribution in [3.05, 3.63) is 52.2 Å². The van der Waals surface area contributed by atoms with E-state index in [9.17, 15) is 5.11 Å². The molecule has 2 aromatic rings. The maximum atomic E-state index is 10.2. The summed E-state index contributed by atoms with van der Waals surface area (Å²) in [5, 5.41) is 12.3. The van der Waals surface area contributed by atoms with Crippen LogP contribution in [0.25, 0.3) is 0 Å². The normalized spacial score (nSPS) is 17.9. The van der Waals surface area contributed by atoms with Gasteiger partial charge >= 0.3 is 0 Å². The molecule has 1 aliphatic heterocycles. The summed E-state index contributed by atoms with van der Waals surface area (Å²) in [4.78, 5) is 5.87. The number of nitrogens with zero attached hydrogens (tertiary/aromatic N) is 2. The van der Waals surface area contributed by atoms with Crippen LogP contribution < -0.4 is 4.90 Å². The number of piperazine rings is 1. The third kappa shape index (κ3) is 3.46. The van der Waals surface area contributed by atoms with Crippen molar-refractivity contribution in [2.75, 3.05) is 37.6 Å². The van der Waals surface area contributed by atoms with Crippen LogP contribution in [0, 0.1) is 6.92 Å². The van der Waals surface area contributed by atoms with E-state index < -0.39 is 0 Å². The Hall–Kier alpha value is -1.36. The fourth-order valence-electron chi connectivity index (χ4n) is 2.90. The van der Waals surface area contributed by atoms with Crippen LogP contribution in [0.15, 0.2) is 41.8 Å². The van der Waals surface area contributed by atoms with Crippen molar-refractivity contribution in [2.45, 2.75) is 13.0 Å². The molecule has 4 heteroatoms. The minimum Gasteiger partial charge on any atom is -0.386 e. The number of β-amino-alcohol motifs (C(OH)–C–C–N with tert-alkyl or cyclic N) is 1. The van der Waals surface area contributed by atoms with Crippen molar-refractivity contribution in [2.24, 2.45) is 0 Å². The number of aliphatic hydroxyl groups excluding tert-OH is 1. The summed E-state index contributed by atoms with van der Waals surface area (Å²) in [6.45, 7) is 6.99. The van der Waals surface area contributed by atoms with Gasteiger partial charge in [0.15, 0.2) is 0 Å². The predicted molar refractivity (Wildman–Crippen MR) is 89.1 cm³/mol. The van der Waals surface area contributed by atoms with Crippen molar-refractivity contribution >= 4 is 17.0 Å². The van der Waals surface area contributed by atoms with Crippen molar-refractivity contribution in [3.63, 3.8) is 0 Å². The summed E-state index contributed by atoms with van der Waals surface area (Å²) in [5.74, 6) is 0. The molecule has 0 amide bonds. The lowest BCUT2D eigenvalue weighted by Crippen LogP contribution is -2.47. The van der Waals surface area contributed by atoms with Crippen LogP contribution in [-0.2, 0) is 0 Å². The molecular formula is C17H22N2OS. The zero-order valence-corrected chi connectivity index (χ0v) is 13.2. The van der Waals surface area contributed by atoms with Crippen molar-refractivity contribution in [1.29, 1.82) is 0 Å². The van der Waals surface area contributed by atoms with E-state index in [1.807, 2.05) is 17.5 Å². The summed E-state index contributed by atoms with van der Waals surface area (Å²) in [5.41, 5.74) is 2.68. The summed E-state index contributed by atoms with van der Waals surface area (Å²) in [6.07, 6.45) is -0.352. The van der Waals surface area contributed by atoms with Crippen molar-refractivity contribution < 1.29 is 5.11 Å². The molecule has 112 valence electrons. The lowest BCUT2D eigenvalue weighted by atomic mass is 10.1. The minimum atomic E-state index is -0.352. The Morgan fingerprint density at radius 2 is 1.86 bits per heavy atom. The summed E-state index contributed by atoms with van der Waals surface area (Å²) < 4.78 is 0. The zero-order chi connectivity index (χ0) is 14.7. The molecule has 1 aliphatic rings. The molecule has 1 aromatic carbocycles. The Morgan fingerprint density at radius 1 is 1.10 bits per heavy atom. The summed E-state index contributed by atoms with van der Waals surface area (Å²) in [7, 11) is 0. The molecule has 1 fully saturated rings. The highest BCUT2D eigenvalue weighted by molar-refractivity contribution is 7.10. The molecule has 1 unspecified atom stereocenters. The van der Waals surface area contributed by atoms with Crippen LogP contribution in [-0.4, -0.2) is 42.7 Å². The summed E-state index contributed by atoms with van der Waals surface area (Å²) >= 11 is 1.63. The average molecular weight is 302 g/mol. The van der Waals surface area contributed by atoms with E-state index >= 15 is 0 Å². The molecule has 0 bridgehead atoms. The second kappa shape index (κ2) is 6.60. The summed E-state index contributed by atoms with van der Waals surface area (Å²) in [6, 6.07) is 12.6. The van der Waals surface area contributed by atoms with Crippen LogP contribution in [0.3, 0.4) is 0 Å². The Kier molecular flexibility index (Phi) is 4.58.